The molecule has 0 fully saturated rings. The fraction of sp³-hybridized carbons (Fsp3) is 0.273. The summed E-state index contributed by atoms with van der Waals surface area (Å²) in [6, 6.07) is 3.39. The molecule has 0 saturated heterocycles. The molecule has 0 unspecified atom stereocenters. The summed E-state index contributed by atoms with van der Waals surface area (Å²) in [6.45, 7) is 0.696. The van der Waals surface area contributed by atoms with Crippen molar-refractivity contribution < 1.29 is 15.4 Å². The van der Waals surface area contributed by atoms with Crippen molar-refractivity contribution in [2.45, 2.75) is 6.42 Å². The molecular weight excluding hydrogens is 222 g/mol. The van der Waals surface area contributed by atoms with Crippen molar-refractivity contribution in [2.24, 2.45) is 0 Å². The highest BCUT2D eigenvalue weighted by Gasteiger charge is 2.22. The minimum atomic E-state index is -0.401. The summed E-state index contributed by atoms with van der Waals surface area (Å²) >= 11 is 0. The van der Waals surface area contributed by atoms with E-state index in [1.165, 1.54) is 7.11 Å². The predicted molar refractivity (Wildman–Crippen MR) is 63.0 cm³/mol. The lowest BCUT2D eigenvalue weighted by atomic mass is 10.1. The number of quaternary nitrogens is 1. The van der Waals surface area contributed by atoms with Gasteiger partial charge in [-0.05, 0) is 17.7 Å². The number of H-pyrrole nitrogens is 1. The molecular formula is C11H14N3O3+. The van der Waals surface area contributed by atoms with Gasteiger partial charge < -0.3 is 15.5 Å². The van der Waals surface area contributed by atoms with Gasteiger partial charge in [0.1, 0.15) is 0 Å². The van der Waals surface area contributed by atoms with Crippen LogP contribution in [0.5, 0.6) is 5.75 Å². The maximum Gasteiger partial charge on any atom is 0.320 e. The lowest BCUT2D eigenvalue weighted by Gasteiger charge is -2.03. The van der Waals surface area contributed by atoms with Gasteiger partial charge in [-0.25, -0.2) is 0 Å². The van der Waals surface area contributed by atoms with Gasteiger partial charge in [-0.2, -0.15) is 0 Å². The van der Waals surface area contributed by atoms with Crippen molar-refractivity contribution in [3.8, 4) is 5.75 Å². The summed E-state index contributed by atoms with van der Waals surface area (Å²) in [6.07, 6.45) is 2.50. The maximum atomic E-state index is 11.1. The van der Waals surface area contributed by atoms with E-state index in [4.69, 9.17) is 4.74 Å². The number of ether oxygens (including phenoxy) is 1. The number of fused-ring (bicyclic) bond motifs is 1. The monoisotopic (exact) mass is 236 g/mol. The molecule has 0 aliphatic carbocycles. The van der Waals surface area contributed by atoms with Crippen LogP contribution >= 0.6 is 0 Å². The fourth-order valence-electron chi connectivity index (χ4n) is 1.99. The molecule has 17 heavy (non-hydrogen) atoms. The summed E-state index contributed by atoms with van der Waals surface area (Å²) in [5.74, 6) is 0.285. The molecule has 1 heterocycles. The molecule has 0 aliphatic heterocycles. The number of nitrogens with one attached hydrogen (secondary N) is 1. The van der Waals surface area contributed by atoms with E-state index in [1.54, 1.807) is 18.3 Å². The van der Waals surface area contributed by atoms with E-state index in [1.807, 2.05) is 0 Å². The SMILES string of the molecule is COc1ccc2[nH]cc(CC[NH3+])c2c1[N+](=O)[O-]. The molecule has 0 amide bonds. The van der Waals surface area contributed by atoms with Gasteiger partial charge in [-0.3, -0.25) is 10.1 Å². The molecule has 0 saturated carbocycles. The Morgan fingerprint density at radius 1 is 1.53 bits per heavy atom. The average Bonchev–Trinajstić information content (AvgIpc) is 2.71. The van der Waals surface area contributed by atoms with Crippen LogP contribution in [0.25, 0.3) is 10.9 Å². The van der Waals surface area contributed by atoms with Gasteiger partial charge in [0, 0.05) is 12.6 Å². The molecule has 4 N–H and O–H groups in total. The van der Waals surface area contributed by atoms with E-state index in [-0.39, 0.29) is 11.4 Å². The van der Waals surface area contributed by atoms with Crippen molar-refractivity contribution >= 4 is 16.6 Å². The number of methoxy groups -OCH3 is 1. The summed E-state index contributed by atoms with van der Waals surface area (Å²) < 4.78 is 5.05. The first-order valence-electron chi connectivity index (χ1n) is 5.29. The Morgan fingerprint density at radius 2 is 2.29 bits per heavy atom. The van der Waals surface area contributed by atoms with E-state index in [0.29, 0.717) is 18.4 Å². The Balaban J connectivity index is 2.76. The summed E-state index contributed by atoms with van der Waals surface area (Å²) in [7, 11) is 1.43. The van der Waals surface area contributed by atoms with Crippen molar-refractivity contribution in [2.75, 3.05) is 13.7 Å². The molecule has 6 heteroatoms. The standard InChI is InChI=1S/C11H13N3O3/c1-17-9-3-2-8-10(11(9)14(15)16)7(4-5-12)6-13-8/h2-3,6,13H,4-5,12H2,1H3/p+1. The first-order valence-corrected chi connectivity index (χ1v) is 5.29. The average molecular weight is 236 g/mol. The molecule has 2 aromatic rings. The molecule has 90 valence electrons. The number of rotatable bonds is 4. The highest BCUT2D eigenvalue weighted by molar-refractivity contribution is 5.94. The third-order valence-corrected chi connectivity index (χ3v) is 2.71. The number of nitro benzene ring substituents is 1. The predicted octanol–water partition coefficient (Wildman–Crippen LogP) is 0.869. The molecule has 0 spiro atoms. The lowest BCUT2D eigenvalue weighted by Crippen LogP contribution is -2.51. The molecule has 0 aliphatic rings. The van der Waals surface area contributed by atoms with Gasteiger partial charge in [0.25, 0.3) is 0 Å². The van der Waals surface area contributed by atoms with Gasteiger partial charge in [-0.1, -0.05) is 0 Å². The zero-order chi connectivity index (χ0) is 12.4. The minimum Gasteiger partial charge on any atom is -0.490 e. The zero-order valence-electron chi connectivity index (χ0n) is 9.53. The fourth-order valence-corrected chi connectivity index (χ4v) is 1.99. The molecule has 0 radical (unpaired) electrons. The number of nitro groups is 1. The van der Waals surface area contributed by atoms with Crippen LogP contribution in [0.1, 0.15) is 5.56 Å². The van der Waals surface area contributed by atoms with Crippen molar-refractivity contribution in [1.82, 2.24) is 4.98 Å². The number of hydrogen-bond donors (Lipinski definition) is 2. The second-order valence-corrected chi connectivity index (χ2v) is 3.71. The normalized spacial score (nSPS) is 10.7. The largest absolute Gasteiger partial charge is 0.490 e. The van der Waals surface area contributed by atoms with E-state index in [2.05, 4.69) is 10.7 Å². The van der Waals surface area contributed by atoms with Gasteiger partial charge in [0.15, 0.2) is 5.75 Å². The number of benzene rings is 1. The molecule has 2 rings (SSSR count). The Kier molecular flexibility index (Phi) is 2.97. The van der Waals surface area contributed by atoms with E-state index < -0.39 is 4.92 Å². The summed E-state index contributed by atoms with van der Waals surface area (Å²) in [4.78, 5) is 13.8. The Hall–Kier alpha value is -2.08. The first kappa shape index (κ1) is 11.4. The van der Waals surface area contributed by atoms with Crippen LogP contribution in [0.4, 0.5) is 5.69 Å². The summed E-state index contributed by atoms with van der Waals surface area (Å²) in [5.41, 5.74) is 5.45. The van der Waals surface area contributed by atoms with Gasteiger partial charge in [-0.15, -0.1) is 0 Å². The van der Waals surface area contributed by atoms with Crippen molar-refractivity contribution in [3.63, 3.8) is 0 Å². The third kappa shape index (κ3) is 1.83. The Labute approximate surface area is 97.5 Å². The summed E-state index contributed by atoms with van der Waals surface area (Å²) in [5, 5.41) is 11.8. The number of aromatic amines is 1. The van der Waals surface area contributed by atoms with Crippen LogP contribution in [-0.2, 0) is 6.42 Å². The third-order valence-electron chi connectivity index (χ3n) is 2.71. The van der Waals surface area contributed by atoms with Crippen LogP contribution in [0.15, 0.2) is 18.3 Å². The number of aromatic nitrogens is 1. The maximum absolute atomic E-state index is 11.1. The van der Waals surface area contributed by atoms with Crippen molar-refractivity contribution in [3.05, 3.63) is 34.0 Å². The van der Waals surface area contributed by atoms with E-state index in [0.717, 1.165) is 11.1 Å². The highest BCUT2D eigenvalue weighted by Crippen LogP contribution is 2.36. The molecule has 1 aromatic carbocycles. The van der Waals surface area contributed by atoms with E-state index >= 15 is 0 Å². The van der Waals surface area contributed by atoms with Crippen LogP contribution in [0.3, 0.4) is 0 Å². The van der Waals surface area contributed by atoms with Crippen molar-refractivity contribution in [1.29, 1.82) is 0 Å². The molecule has 0 atom stereocenters. The quantitative estimate of drug-likeness (QED) is 0.609. The Morgan fingerprint density at radius 3 is 2.88 bits per heavy atom. The molecule has 1 aromatic heterocycles. The van der Waals surface area contributed by atoms with Crippen LogP contribution in [0.2, 0.25) is 0 Å². The molecule has 0 bridgehead atoms. The van der Waals surface area contributed by atoms with Gasteiger partial charge >= 0.3 is 5.69 Å². The smallest absolute Gasteiger partial charge is 0.320 e. The minimum absolute atomic E-state index is 0.0229. The number of nitrogens with zero attached hydrogens (tertiary/aromatic N) is 1. The highest BCUT2D eigenvalue weighted by atomic mass is 16.6. The van der Waals surface area contributed by atoms with E-state index in [9.17, 15) is 10.1 Å². The first-order chi connectivity index (χ1) is 8.19. The lowest BCUT2D eigenvalue weighted by molar-refractivity contribution is -0.384. The van der Waals surface area contributed by atoms with Crippen LogP contribution < -0.4 is 10.5 Å². The zero-order valence-corrected chi connectivity index (χ0v) is 9.53. The second-order valence-electron chi connectivity index (χ2n) is 3.71. The van der Waals surface area contributed by atoms with Gasteiger partial charge in [0.05, 0.1) is 29.5 Å². The topological polar surface area (TPSA) is 95.8 Å². The Bertz CT molecular complexity index is 562. The molecule has 6 nitrogen and oxygen atoms in total. The van der Waals surface area contributed by atoms with Crippen LogP contribution in [-0.4, -0.2) is 23.6 Å². The van der Waals surface area contributed by atoms with Crippen LogP contribution in [0, 0.1) is 10.1 Å². The second kappa shape index (κ2) is 4.42. The number of hydrogen-bond acceptors (Lipinski definition) is 3. The van der Waals surface area contributed by atoms with Gasteiger partial charge in [0.2, 0.25) is 0 Å².